The van der Waals surface area contributed by atoms with Crippen LogP contribution in [0.5, 0.6) is 0 Å². The summed E-state index contributed by atoms with van der Waals surface area (Å²) in [4.78, 5) is 6.88. The lowest BCUT2D eigenvalue weighted by molar-refractivity contribution is 0.0925. The molecule has 1 fully saturated rings. The van der Waals surface area contributed by atoms with E-state index < -0.39 is 0 Å². The van der Waals surface area contributed by atoms with Crippen molar-refractivity contribution in [2.75, 3.05) is 26.7 Å². The molecule has 1 aliphatic rings. The summed E-state index contributed by atoms with van der Waals surface area (Å²) in [7, 11) is 1.98. The van der Waals surface area contributed by atoms with E-state index in [1.165, 1.54) is 11.6 Å². The Morgan fingerprint density at radius 2 is 2.04 bits per heavy atom. The number of rotatable bonds is 6. The predicted octanol–water partition coefficient (Wildman–Crippen LogP) is 4.00. The number of benzene rings is 2. The van der Waals surface area contributed by atoms with Gasteiger partial charge in [0.05, 0.1) is 6.10 Å². The average Bonchev–Trinajstić information content (AvgIpc) is 3.14. The minimum absolute atomic E-state index is 0.103. The molecule has 3 rings (SSSR count). The van der Waals surface area contributed by atoms with E-state index in [0.29, 0.717) is 19.0 Å². The summed E-state index contributed by atoms with van der Waals surface area (Å²) < 4.78 is 19.4. The number of nitrogens with zero attached hydrogens (tertiary/aromatic N) is 2. The molecule has 0 bridgehead atoms. The van der Waals surface area contributed by atoms with Crippen LogP contribution in [-0.2, 0) is 11.3 Å². The molecular weight excluding hydrogens is 341 g/mol. The molecule has 0 spiro atoms. The molecule has 5 heteroatoms. The minimum Gasteiger partial charge on any atom is -0.373 e. The van der Waals surface area contributed by atoms with Crippen LogP contribution in [0.2, 0.25) is 0 Å². The van der Waals surface area contributed by atoms with E-state index in [0.717, 1.165) is 31.1 Å². The number of hydrogen-bond acceptors (Lipinski definition) is 2. The Labute approximate surface area is 161 Å². The maximum Gasteiger partial charge on any atom is 0.193 e. The first-order chi connectivity index (χ1) is 13.2. The summed E-state index contributed by atoms with van der Waals surface area (Å²) in [5.41, 5.74) is 2.14. The smallest absolute Gasteiger partial charge is 0.193 e. The highest BCUT2D eigenvalue weighted by atomic mass is 19.1. The normalized spacial score (nSPS) is 19.9. The van der Waals surface area contributed by atoms with E-state index in [1.54, 1.807) is 12.1 Å². The van der Waals surface area contributed by atoms with Gasteiger partial charge in [0.15, 0.2) is 5.96 Å². The molecular formula is C22H28FN3O. The Kier molecular flexibility index (Phi) is 6.82. The van der Waals surface area contributed by atoms with E-state index in [2.05, 4.69) is 24.4 Å². The quantitative estimate of drug-likeness (QED) is 0.618. The second-order valence-corrected chi connectivity index (χ2v) is 6.93. The Morgan fingerprint density at radius 3 is 2.78 bits per heavy atom. The van der Waals surface area contributed by atoms with Gasteiger partial charge < -0.3 is 15.0 Å². The van der Waals surface area contributed by atoms with Crippen LogP contribution in [0.15, 0.2) is 59.6 Å². The zero-order valence-corrected chi connectivity index (χ0v) is 16.1. The van der Waals surface area contributed by atoms with Crippen molar-refractivity contribution < 1.29 is 9.13 Å². The molecule has 2 aromatic carbocycles. The summed E-state index contributed by atoms with van der Waals surface area (Å²) in [6.45, 7) is 4.92. The highest BCUT2D eigenvalue weighted by Gasteiger charge is 2.29. The van der Waals surface area contributed by atoms with E-state index in [4.69, 9.17) is 9.73 Å². The summed E-state index contributed by atoms with van der Waals surface area (Å²) in [5, 5.41) is 3.34. The molecule has 2 unspecified atom stereocenters. The Bertz CT molecular complexity index is 750. The molecule has 4 nitrogen and oxygen atoms in total. The van der Waals surface area contributed by atoms with Gasteiger partial charge in [-0.05, 0) is 36.6 Å². The number of nitrogens with one attached hydrogen (secondary N) is 1. The van der Waals surface area contributed by atoms with Crippen molar-refractivity contribution in [3.8, 4) is 0 Å². The maximum absolute atomic E-state index is 13.4. The van der Waals surface area contributed by atoms with Crippen molar-refractivity contribution in [3.63, 3.8) is 0 Å². The molecule has 0 aliphatic carbocycles. The van der Waals surface area contributed by atoms with E-state index in [1.807, 2.05) is 36.2 Å². The van der Waals surface area contributed by atoms with Crippen LogP contribution in [-0.4, -0.2) is 37.6 Å². The topological polar surface area (TPSA) is 36.9 Å². The van der Waals surface area contributed by atoms with Crippen molar-refractivity contribution in [1.29, 1.82) is 0 Å². The van der Waals surface area contributed by atoms with Crippen molar-refractivity contribution in [1.82, 2.24) is 10.2 Å². The third kappa shape index (κ3) is 5.30. The van der Waals surface area contributed by atoms with Gasteiger partial charge in [0.1, 0.15) is 5.82 Å². The van der Waals surface area contributed by atoms with Gasteiger partial charge in [0.25, 0.3) is 0 Å². The number of ether oxygens (including phenoxy) is 1. The summed E-state index contributed by atoms with van der Waals surface area (Å²) in [6.07, 6.45) is 1.11. The molecule has 144 valence electrons. The predicted molar refractivity (Wildman–Crippen MR) is 107 cm³/mol. The van der Waals surface area contributed by atoms with Gasteiger partial charge in [0.2, 0.25) is 0 Å². The molecule has 1 heterocycles. The molecule has 2 atom stereocenters. The monoisotopic (exact) mass is 369 g/mol. The molecule has 27 heavy (non-hydrogen) atoms. The zero-order valence-electron chi connectivity index (χ0n) is 16.1. The lowest BCUT2D eigenvalue weighted by atomic mass is 9.95. The zero-order chi connectivity index (χ0) is 19.1. The summed E-state index contributed by atoms with van der Waals surface area (Å²) in [5.74, 6) is 0.987. The first kappa shape index (κ1) is 19.4. The fourth-order valence-corrected chi connectivity index (χ4v) is 3.49. The average molecular weight is 369 g/mol. The van der Waals surface area contributed by atoms with E-state index >= 15 is 0 Å². The van der Waals surface area contributed by atoms with Crippen molar-refractivity contribution in [2.24, 2.45) is 10.9 Å². The standard InChI is InChI=1S/C22H28FN3O/c1-3-24-22(26(2)16-17-8-7-11-20(23)14-17)25-15-19-12-13-27-21(19)18-9-5-4-6-10-18/h4-11,14,19,21H,3,12-13,15-16H2,1-2H3,(H,24,25). The number of aliphatic imine (C=N–C) groups is 1. The highest BCUT2D eigenvalue weighted by molar-refractivity contribution is 5.79. The maximum atomic E-state index is 13.4. The van der Waals surface area contributed by atoms with Crippen molar-refractivity contribution in [3.05, 3.63) is 71.5 Å². The van der Waals surface area contributed by atoms with E-state index in [-0.39, 0.29) is 11.9 Å². The fraction of sp³-hybridized carbons (Fsp3) is 0.409. The van der Waals surface area contributed by atoms with Gasteiger partial charge in [-0.25, -0.2) is 4.39 Å². The van der Waals surface area contributed by atoms with Crippen LogP contribution in [0.25, 0.3) is 0 Å². The van der Waals surface area contributed by atoms with Gasteiger partial charge in [-0.1, -0.05) is 42.5 Å². The number of hydrogen-bond donors (Lipinski definition) is 1. The Morgan fingerprint density at radius 1 is 1.22 bits per heavy atom. The van der Waals surface area contributed by atoms with Crippen LogP contribution < -0.4 is 5.32 Å². The largest absolute Gasteiger partial charge is 0.373 e. The second-order valence-electron chi connectivity index (χ2n) is 6.93. The molecule has 0 amide bonds. The molecule has 0 radical (unpaired) electrons. The lowest BCUT2D eigenvalue weighted by Crippen LogP contribution is -2.39. The third-order valence-electron chi connectivity index (χ3n) is 4.82. The summed E-state index contributed by atoms with van der Waals surface area (Å²) in [6, 6.07) is 17.1. The SMILES string of the molecule is CCNC(=NCC1CCOC1c1ccccc1)N(C)Cc1cccc(F)c1. The molecule has 0 saturated carbocycles. The molecule has 2 aromatic rings. The second kappa shape index (κ2) is 9.51. The fourth-order valence-electron chi connectivity index (χ4n) is 3.49. The highest BCUT2D eigenvalue weighted by Crippen LogP contribution is 2.34. The Balaban J connectivity index is 1.67. The third-order valence-corrected chi connectivity index (χ3v) is 4.82. The lowest BCUT2D eigenvalue weighted by Gasteiger charge is -2.23. The molecule has 0 aromatic heterocycles. The number of halogens is 1. The van der Waals surface area contributed by atoms with Crippen molar-refractivity contribution >= 4 is 5.96 Å². The van der Waals surface area contributed by atoms with Gasteiger partial charge in [-0.3, -0.25) is 4.99 Å². The minimum atomic E-state index is -0.211. The number of guanidine groups is 1. The van der Waals surface area contributed by atoms with Crippen LogP contribution in [0.4, 0.5) is 4.39 Å². The van der Waals surface area contributed by atoms with Crippen molar-refractivity contribution in [2.45, 2.75) is 26.0 Å². The van der Waals surface area contributed by atoms with Crippen LogP contribution in [0.1, 0.15) is 30.6 Å². The first-order valence-electron chi connectivity index (χ1n) is 9.58. The van der Waals surface area contributed by atoms with Gasteiger partial charge in [-0.2, -0.15) is 0 Å². The molecule has 1 N–H and O–H groups in total. The van der Waals surface area contributed by atoms with Gasteiger partial charge in [0, 0.05) is 39.2 Å². The molecule has 1 saturated heterocycles. The van der Waals surface area contributed by atoms with Crippen LogP contribution >= 0.6 is 0 Å². The first-order valence-corrected chi connectivity index (χ1v) is 9.58. The van der Waals surface area contributed by atoms with Gasteiger partial charge >= 0.3 is 0 Å². The van der Waals surface area contributed by atoms with Crippen LogP contribution in [0, 0.1) is 11.7 Å². The Hall–Kier alpha value is -2.40. The molecule has 1 aliphatic heterocycles. The summed E-state index contributed by atoms with van der Waals surface area (Å²) >= 11 is 0. The van der Waals surface area contributed by atoms with Gasteiger partial charge in [-0.15, -0.1) is 0 Å². The van der Waals surface area contributed by atoms with Crippen LogP contribution in [0.3, 0.4) is 0 Å². The van der Waals surface area contributed by atoms with E-state index in [9.17, 15) is 4.39 Å².